The van der Waals surface area contributed by atoms with Crippen molar-refractivity contribution in [3.8, 4) is 0 Å². The minimum Gasteiger partial charge on any atom is -0.396 e. The predicted octanol–water partition coefficient (Wildman–Crippen LogP) is 2.01. The molecule has 0 amide bonds. The number of benzene rings is 1. The number of nitrogens with zero attached hydrogens (tertiary/aromatic N) is 3. The molecule has 0 bridgehead atoms. The lowest BCUT2D eigenvalue weighted by molar-refractivity contribution is 0.798. The predicted molar refractivity (Wildman–Crippen MR) is 65.2 cm³/mol. The zero-order chi connectivity index (χ0) is 11.3. The Bertz CT molecular complexity index is 697. The summed E-state index contributed by atoms with van der Waals surface area (Å²) in [5, 5.41) is 5.17. The van der Waals surface area contributed by atoms with Crippen molar-refractivity contribution in [3.63, 3.8) is 0 Å². The molecule has 0 aliphatic rings. The van der Waals surface area contributed by atoms with E-state index in [1.54, 1.807) is 10.9 Å². The van der Waals surface area contributed by atoms with Gasteiger partial charge in [-0.1, -0.05) is 11.6 Å². The first kappa shape index (κ1) is 9.15. The SMILES string of the molecule is Cc1ccc2nc3cnn(C)c3c(N)c2c1. The van der Waals surface area contributed by atoms with Crippen molar-refractivity contribution >= 4 is 27.6 Å². The molecule has 0 unspecified atom stereocenters. The Balaban J connectivity index is 2.58. The molecule has 0 saturated heterocycles. The number of nitrogens with two attached hydrogens (primary N) is 1. The first-order valence-corrected chi connectivity index (χ1v) is 5.14. The number of aryl methyl sites for hydroxylation is 2. The summed E-state index contributed by atoms with van der Waals surface area (Å²) < 4.78 is 1.76. The largest absolute Gasteiger partial charge is 0.396 e. The van der Waals surface area contributed by atoms with Gasteiger partial charge in [0.1, 0.15) is 11.0 Å². The molecular formula is C12H12N4. The van der Waals surface area contributed by atoms with Crippen molar-refractivity contribution in [2.75, 3.05) is 5.73 Å². The summed E-state index contributed by atoms with van der Waals surface area (Å²) in [6, 6.07) is 6.09. The first-order valence-electron chi connectivity index (χ1n) is 5.14. The van der Waals surface area contributed by atoms with Crippen LogP contribution < -0.4 is 5.73 Å². The Morgan fingerprint density at radius 2 is 2.06 bits per heavy atom. The highest BCUT2D eigenvalue weighted by Crippen LogP contribution is 2.28. The lowest BCUT2D eigenvalue weighted by atomic mass is 10.1. The molecule has 2 N–H and O–H groups in total. The fraction of sp³-hybridized carbons (Fsp3) is 0.167. The number of pyridine rings is 1. The van der Waals surface area contributed by atoms with E-state index in [0.29, 0.717) is 0 Å². The minimum atomic E-state index is 0.753. The summed E-state index contributed by atoms with van der Waals surface area (Å²) in [4.78, 5) is 4.54. The third-order valence-electron chi connectivity index (χ3n) is 2.86. The topological polar surface area (TPSA) is 56.7 Å². The smallest absolute Gasteiger partial charge is 0.111 e. The normalized spacial score (nSPS) is 11.4. The van der Waals surface area contributed by atoms with Gasteiger partial charge in [0.25, 0.3) is 0 Å². The van der Waals surface area contributed by atoms with Gasteiger partial charge in [-0.25, -0.2) is 4.98 Å². The molecule has 0 atom stereocenters. The van der Waals surface area contributed by atoms with Crippen LogP contribution in [0.3, 0.4) is 0 Å². The highest BCUT2D eigenvalue weighted by molar-refractivity contribution is 6.04. The number of hydrogen-bond acceptors (Lipinski definition) is 3. The molecule has 0 saturated carbocycles. The van der Waals surface area contributed by atoms with E-state index in [2.05, 4.69) is 16.1 Å². The third-order valence-corrected chi connectivity index (χ3v) is 2.86. The van der Waals surface area contributed by atoms with Gasteiger partial charge in [0, 0.05) is 12.4 Å². The number of fused-ring (bicyclic) bond motifs is 2. The quantitative estimate of drug-likeness (QED) is 0.620. The summed E-state index contributed by atoms with van der Waals surface area (Å²) >= 11 is 0. The Kier molecular flexibility index (Phi) is 1.68. The van der Waals surface area contributed by atoms with Gasteiger partial charge in [0.15, 0.2) is 0 Å². The van der Waals surface area contributed by atoms with Gasteiger partial charge in [-0.05, 0) is 19.1 Å². The molecule has 0 spiro atoms. The van der Waals surface area contributed by atoms with Gasteiger partial charge >= 0.3 is 0 Å². The van der Waals surface area contributed by atoms with E-state index in [9.17, 15) is 0 Å². The molecular weight excluding hydrogens is 200 g/mol. The Hall–Kier alpha value is -2.10. The second kappa shape index (κ2) is 2.95. The summed E-state index contributed by atoms with van der Waals surface area (Å²) in [7, 11) is 1.88. The summed E-state index contributed by atoms with van der Waals surface area (Å²) in [6.07, 6.45) is 1.74. The standard InChI is InChI=1S/C12H12N4/c1-7-3-4-9-8(5-7)11(13)12-10(15-9)6-14-16(12)2/h3-6H,1-2H3,(H2,13,15). The number of anilines is 1. The van der Waals surface area contributed by atoms with Gasteiger partial charge in [0.05, 0.1) is 17.4 Å². The minimum absolute atomic E-state index is 0.753. The fourth-order valence-electron chi connectivity index (χ4n) is 2.04. The number of hydrogen-bond donors (Lipinski definition) is 1. The van der Waals surface area contributed by atoms with Crippen LogP contribution in [-0.2, 0) is 7.05 Å². The molecule has 3 rings (SSSR count). The van der Waals surface area contributed by atoms with Gasteiger partial charge in [0.2, 0.25) is 0 Å². The maximum absolute atomic E-state index is 6.17. The van der Waals surface area contributed by atoms with Crippen LogP contribution in [0, 0.1) is 6.92 Å². The van der Waals surface area contributed by atoms with Crippen LogP contribution in [0.5, 0.6) is 0 Å². The van der Waals surface area contributed by atoms with E-state index in [0.717, 1.165) is 27.6 Å². The van der Waals surface area contributed by atoms with Crippen LogP contribution in [0.1, 0.15) is 5.56 Å². The molecule has 4 heteroatoms. The number of aromatic nitrogens is 3. The molecule has 80 valence electrons. The van der Waals surface area contributed by atoms with E-state index in [-0.39, 0.29) is 0 Å². The average Bonchev–Trinajstić information content (AvgIpc) is 2.62. The average molecular weight is 212 g/mol. The van der Waals surface area contributed by atoms with Crippen molar-refractivity contribution < 1.29 is 0 Å². The first-order chi connectivity index (χ1) is 7.66. The van der Waals surface area contributed by atoms with Crippen molar-refractivity contribution in [2.24, 2.45) is 7.05 Å². The maximum atomic E-state index is 6.17. The van der Waals surface area contributed by atoms with Gasteiger partial charge in [-0.2, -0.15) is 5.10 Å². The number of nitrogen functional groups attached to an aromatic ring is 1. The summed E-state index contributed by atoms with van der Waals surface area (Å²) in [6.45, 7) is 2.05. The van der Waals surface area contributed by atoms with Crippen molar-refractivity contribution in [2.45, 2.75) is 6.92 Å². The lowest BCUT2D eigenvalue weighted by Gasteiger charge is -2.05. The Labute approximate surface area is 92.7 Å². The monoisotopic (exact) mass is 212 g/mol. The lowest BCUT2D eigenvalue weighted by Crippen LogP contribution is -1.97. The second-order valence-electron chi connectivity index (χ2n) is 4.05. The molecule has 0 radical (unpaired) electrons. The molecule has 3 aromatic rings. The van der Waals surface area contributed by atoms with Crippen molar-refractivity contribution in [3.05, 3.63) is 30.0 Å². The van der Waals surface area contributed by atoms with Crippen LogP contribution in [-0.4, -0.2) is 14.8 Å². The van der Waals surface area contributed by atoms with E-state index >= 15 is 0 Å². The van der Waals surface area contributed by atoms with Gasteiger partial charge in [-0.15, -0.1) is 0 Å². The molecule has 0 aliphatic carbocycles. The van der Waals surface area contributed by atoms with E-state index in [4.69, 9.17) is 5.73 Å². The van der Waals surface area contributed by atoms with Crippen LogP contribution >= 0.6 is 0 Å². The fourth-order valence-corrected chi connectivity index (χ4v) is 2.04. The third kappa shape index (κ3) is 1.10. The van der Waals surface area contributed by atoms with E-state index in [1.165, 1.54) is 5.56 Å². The Morgan fingerprint density at radius 1 is 1.25 bits per heavy atom. The molecule has 2 aromatic heterocycles. The summed E-state index contributed by atoms with van der Waals surface area (Å²) in [5.41, 5.74) is 10.8. The van der Waals surface area contributed by atoms with Gasteiger partial charge < -0.3 is 5.73 Å². The van der Waals surface area contributed by atoms with Crippen molar-refractivity contribution in [1.29, 1.82) is 0 Å². The van der Waals surface area contributed by atoms with Crippen LogP contribution in [0.4, 0.5) is 5.69 Å². The second-order valence-corrected chi connectivity index (χ2v) is 4.05. The highest BCUT2D eigenvalue weighted by atomic mass is 15.3. The number of rotatable bonds is 0. The summed E-state index contributed by atoms with van der Waals surface area (Å²) in [5.74, 6) is 0. The van der Waals surface area contributed by atoms with Crippen LogP contribution in [0.2, 0.25) is 0 Å². The van der Waals surface area contributed by atoms with Gasteiger partial charge in [-0.3, -0.25) is 4.68 Å². The zero-order valence-electron chi connectivity index (χ0n) is 9.23. The molecule has 1 aromatic carbocycles. The molecule has 4 nitrogen and oxygen atoms in total. The highest BCUT2D eigenvalue weighted by Gasteiger charge is 2.09. The molecule has 0 fully saturated rings. The van der Waals surface area contributed by atoms with E-state index in [1.807, 2.05) is 26.1 Å². The van der Waals surface area contributed by atoms with Crippen LogP contribution in [0.15, 0.2) is 24.4 Å². The van der Waals surface area contributed by atoms with Crippen LogP contribution in [0.25, 0.3) is 21.9 Å². The zero-order valence-corrected chi connectivity index (χ0v) is 9.23. The maximum Gasteiger partial charge on any atom is 0.111 e. The van der Waals surface area contributed by atoms with Crippen molar-refractivity contribution in [1.82, 2.24) is 14.8 Å². The molecule has 16 heavy (non-hydrogen) atoms. The molecule has 0 aliphatic heterocycles. The van der Waals surface area contributed by atoms with E-state index < -0.39 is 0 Å². The Morgan fingerprint density at radius 3 is 2.88 bits per heavy atom. The molecule has 2 heterocycles.